The van der Waals surface area contributed by atoms with Crippen molar-refractivity contribution >= 4 is 16.7 Å². The second kappa shape index (κ2) is 12.4. The minimum Gasteiger partial charge on any atom is -0.333 e. The summed E-state index contributed by atoms with van der Waals surface area (Å²) in [6.07, 6.45) is -7.01. The van der Waals surface area contributed by atoms with Gasteiger partial charge < -0.3 is 4.90 Å². The molecule has 0 aliphatic carbocycles. The molecule has 3 heterocycles. The van der Waals surface area contributed by atoms with Crippen LogP contribution in [0.25, 0.3) is 10.8 Å². The molecule has 6 rings (SSSR count). The molecule has 1 saturated heterocycles. The molecule has 1 amide bonds. The minimum absolute atomic E-state index is 0.0519. The highest BCUT2D eigenvalue weighted by molar-refractivity contribution is 5.95. The van der Waals surface area contributed by atoms with Gasteiger partial charge in [0.1, 0.15) is 0 Å². The lowest BCUT2D eigenvalue weighted by molar-refractivity contribution is -0.143. The fourth-order valence-corrected chi connectivity index (χ4v) is 6.34. The number of nitrogens with zero attached hydrogens (tertiary/aromatic N) is 4. The van der Waals surface area contributed by atoms with Gasteiger partial charge >= 0.3 is 12.4 Å². The number of alkyl halides is 6. The molecule has 0 radical (unpaired) electrons. The molecule has 3 aromatic carbocycles. The number of rotatable bonds is 6. The molecule has 2 aliphatic rings. The molecular weight excluding hydrogens is 594 g/mol. The van der Waals surface area contributed by atoms with Crippen molar-refractivity contribution in [3.05, 3.63) is 113 Å². The number of carbonyl (C=O) groups is 1. The van der Waals surface area contributed by atoms with Crippen LogP contribution in [-0.2, 0) is 31.7 Å². The fourth-order valence-electron chi connectivity index (χ4n) is 6.34. The molecule has 0 saturated carbocycles. The van der Waals surface area contributed by atoms with Crippen molar-refractivity contribution < 1.29 is 31.1 Å². The molecule has 1 aromatic heterocycles. The largest absolute Gasteiger partial charge is 0.416 e. The van der Waals surface area contributed by atoms with Crippen molar-refractivity contribution in [3.8, 4) is 0 Å². The zero-order valence-corrected chi connectivity index (χ0v) is 24.4. The van der Waals surface area contributed by atoms with Crippen LogP contribution in [0.3, 0.4) is 0 Å². The average molecular weight is 627 g/mol. The SMILES string of the molecule is O=C(c1cc(C(F)(F)F)cc(C(F)(F)F)c1)N1CCN(CCN2CCc3ncccc3C2)C[C@H]1Cc1ccc2ccccc2c1. The fraction of sp³-hybridized carbons (Fsp3) is 0.353. The van der Waals surface area contributed by atoms with Crippen molar-refractivity contribution in [2.24, 2.45) is 0 Å². The lowest BCUT2D eigenvalue weighted by Gasteiger charge is -2.42. The number of hydrogen-bond acceptors (Lipinski definition) is 4. The van der Waals surface area contributed by atoms with Crippen LogP contribution >= 0.6 is 0 Å². The van der Waals surface area contributed by atoms with E-state index in [0.717, 1.165) is 48.1 Å². The number of piperazine rings is 1. The Labute approximate surface area is 257 Å². The summed E-state index contributed by atoms with van der Waals surface area (Å²) in [6.45, 7) is 4.24. The normalized spacial score (nSPS) is 18.3. The Kier molecular flexibility index (Phi) is 8.58. The van der Waals surface area contributed by atoms with Crippen LogP contribution in [0.2, 0.25) is 0 Å². The van der Waals surface area contributed by atoms with Gasteiger partial charge in [-0.3, -0.25) is 19.6 Å². The number of aromatic nitrogens is 1. The van der Waals surface area contributed by atoms with Crippen molar-refractivity contribution in [1.82, 2.24) is 19.7 Å². The lowest BCUT2D eigenvalue weighted by atomic mass is 9.97. The summed E-state index contributed by atoms with van der Waals surface area (Å²) in [5.41, 5.74) is -0.368. The quantitative estimate of drug-likeness (QED) is 0.224. The maximum absolute atomic E-state index is 13.8. The first kappa shape index (κ1) is 31.0. The zero-order valence-electron chi connectivity index (χ0n) is 24.4. The number of carbonyl (C=O) groups excluding carboxylic acids is 1. The third kappa shape index (κ3) is 7.15. The van der Waals surface area contributed by atoms with E-state index >= 15 is 0 Å². The predicted molar refractivity (Wildman–Crippen MR) is 159 cm³/mol. The summed E-state index contributed by atoms with van der Waals surface area (Å²) in [4.78, 5) is 24.2. The van der Waals surface area contributed by atoms with Crippen molar-refractivity contribution in [2.45, 2.75) is 37.8 Å². The first-order valence-corrected chi connectivity index (χ1v) is 14.9. The monoisotopic (exact) mass is 626 g/mol. The van der Waals surface area contributed by atoms with Gasteiger partial charge in [0, 0.05) is 75.7 Å². The van der Waals surface area contributed by atoms with E-state index in [1.54, 1.807) is 6.20 Å². The molecule has 1 atom stereocenters. The van der Waals surface area contributed by atoms with Crippen LogP contribution in [0.4, 0.5) is 26.3 Å². The first-order valence-electron chi connectivity index (χ1n) is 14.9. The highest BCUT2D eigenvalue weighted by Crippen LogP contribution is 2.37. The summed E-state index contributed by atoms with van der Waals surface area (Å²) < 4.78 is 81.6. The number of hydrogen-bond donors (Lipinski definition) is 0. The van der Waals surface area contributed by atoms with Crippen molar-refractivity contribution in [3.63, 3.8) is 0 Å². The lowest BCUT2D eigenvalue weighted by Crippen LogP contribution is -2.57. The number of benzene rings is 3. The Morgan fingerprint density at radius 1 is 0.778 bits per heavy atom. The Bertz CT molecular complexity index is 1660. The molecule has 236 valence electrons. The smallest absolute Gasteiger partial charge is 0.333 e. The molecule has 0 spiro atoms. The summed E-state index contributed by atoms with van der Waals surface area (Å²) in [7, 11) is 0. The number of pyridine rings is 1. The summed E-state index contributed by atoms with van der Waals surface area (Å²) in [5, 5.41) is 2.05. The summed E-state index contributed by atoms with van der Waals surface area (Å²) in [6, 6.07) is 18.4. The highest BCUT2D eigenvalue weighted by Gasteiger charge is 2.39. The number of fused-ring (bicyclic) bond motifs is 2. The van der Waals surface area contributed by atoms with Crippen molar-refractivity contribution in [2.75, 3.05) is 39.3 Å². The molecule has 0 bridgehead atoms. The van der Waals surface area contributed by atoms with Gasteiger partial charge in [-0.05, 0) is 52.6 Å². The number of halogens is 6. The van der Waals surface area contributed by atoms with Gasteiger partial charge in [0.15, 0.2) is 0 Å². The average Bonchev–Trinajstić information content (AvgIpc) is 3.02. The van der Waals surface area contributed by atoms with Gasteiger partial charge in [0.05, 0.1) is 11.1 Å². The van der Waals surface area contributed by atoms with Crippen LogP contribution < -0.4 is 0 Å². The van der Waals surface area contributed by atoms with Crippen molar-refractivity contribution in [1.29, 1.82) is 0 Å². The molecule has 0 unspecified atom stereocenters. The Hall–Kier alpha value is -3.96. The van der Waals surface area contributed by atoms with Crippen LogP contribution in [0.5, 0.6) is 0 Å². The number of amides is 1. The Balaban J connectivity index is 1.24. The standard InChI is InChI=1S/C34H32F6N4O/c35-33(36,37)28-18-27(19-29(20-28)34(38,39)40)32(45)44-15-14-43(13-12-42-11-9-31-26(21-42)6-3-10-41-31)22-30(44)17-23-7-8-24-4-1-2-5-25(24)16-23/h1-8,10,16,18-20,30H,9,11-15,17,21-22H2/t30-/m1/s1. The molecule has 1 fully saturated rings. The Morgan fingerprint density at radius 3 is 2.22 bits per heavy atom. The van der Waals surface area contributed by atoms with E-state index in [0.29, 0.717) is 38.2 Å². The van der Waals surface area contributed by atoms with Crippen LogP contribution in [0.15, 0.2) is 79.0 Å². The van der Waals surface area contributed by atoms with E-state index in [1.807, 2.05) is 48.5 Å². The molecule has 4 aromatic rings. The van der Waals surface area contributed by atoms with Gasteiger partial charge in [-0.15, -0.1) is 0 Å². The van der Waals surface area contributed by atoms with E-state index in [9.17, 15) is 31.1 Å². The molecule has 5 nitrogen and oxygen atoms in total. The van der Waals surface area contributed by atoms with E-state index in [2.05, 4.69) is 20.9 Å². The van der Waals surface area contributed by atoms with Gasteiger partial charge in [-0.2, -0.15) is 26.3 Å². The third-order valence-corrected chi connectivity index (χ3v) is 8.72. The van der Waals surface area contributed by atoms with E-state index in [4.69, 9.17) is 0 Å². The van der Waals surface area contributed by atoms with E-state index < -0.39 is 41.0 Å². The molecular formula is C34H32F6N4O. The van der Waals surface area contributed by atoms with Gasteiger partial charge in [-0.25, -0.2) is 0 Å². The maximum atomic E-state index is 13.8. The van der Waals surface area contributed by atoms with Crippen LogP contribution in [-0.4, -0.2) is 70.9 Å². The minimum atomic E-state index is -5.04. The van der Waals surface area contributed by atoms with E-state index in [1.165, 1.54) is 10.5 Å². The highest BCUT2D eigenvalue weighted by atomic mass is 19.4. The second-order valence-corrected chi connectivity index (χ2v) is 11.8. The zero-order chi connectivity index (χ0) is 31.8. The topological polar surface area (TPSA) is 39.7 Å². The molecule has 45 heavy (non-hydrogen) atoms. The molecule has 2 aliphatic heterocycles. The van der Waals surface area contributed by atoms with Gasteiger partial charge in [0.25, 0.3) is 5.91 Å². The van der Waals surface area contributed by atoms with E-state index in [-0.39, 0.29) is 12.6 Å². The first-order chi connectivity index (χ1) is 21.4. The third-order valence-electron chi connectivity index (χ3n) is 8.72. The molecule has 11 heteroatoms. The summed E-state index contributed by atoms with van der Waals surface area (Å²) >= 11 is 0. The maximum Gasteiger partial charge on any atom is 0.416 e. The summed E-state index contributed by atoms with van der Waals surface area (Å²) in [5.74, 6) is -0.836. The van der Waals surface area contributed by atoms with Crippen LogP contribution in [0, 0.1) is 0 Å². The predicted octanol–water partition coefficient (Wildman–Crippen LogP) is 6.70. The van der Waals surface area contributed by atoms with Gasteiger partial charge in [-0.1, -0.05) is 48.5 Å². The Morgan fingerprint density at radius 2 is 1.49 bits per heavy atom. The molecule has 0 N–H and O–H groups in total. The van der Waals surface area contributed by atoms with Crippen LogP contribution in [0.1, 0.15) is 38.3 Å². The second-order valence-electron chi connectivity index (χ2n) is 11.8. The van der Waals surface area contributed by atoms with Gasteiger partial charge in [0.2, 0.25) is 0 Å².